The van der Waals surface area contributed by atoms with Gasteiger partial charge in [-0.15, -0.1) is 0 Å². The maximum absolute atomic E-state index is 7.16. The number of hydrogen-bond acceptors (Lipinski definition) is 1. The van der Waals surface area contributed by atoms with Crippen LogP contribution in [-0.2, 0) is 6.42 Å². The van der Waals surface area contributed by atoms with Crippen molar-refractivity contribution in [3.63, 3.8) is 0 Å². The van der Waals surface area contributed by atoms with Crippen molar-refractivity contribution in [1.82, 2.24) is 0 Å². The van der Waals surface area contributed by atoms with Gasteiger partial charge in [0.15, 0.2) is 5.69 Å². The molecule has 1 unspecified atom stereocenters. The van der Waals surface area contributed by atoms with E-state index in [0.29, 0.717) is 6.04 Å². The Labute approximate surface area is 101 Å². The molecule has 3 heterocycles. The maximum atomic E-state index is 7.16. The van der Waals surface area contributed by atoms with Gasteiger partial charge in [0.1, 0.15) is 0 Å². The van der Waals surface area contributed by atoms with Crippen molar-refractivity contribution in [2.45, 2.75) is 25.8 Å². The van der Waals surface area contributed by atoms with Crippen molar-refractivity contribution in [2.75, 3.05) is 4.90 Å². The topological polar surface area (TPSA) is 7.60 Å². The van der Waals surface area contributed by atoms with Crippen molar-refractivity contribution in [3.8, 4) is 0 Å². The molecule has 17 heavy (non-hydrogen) atoms. The zero-order chi connectivity index (χ0) is 11.6. The van der Waals surface area contributed by atoms with Crippen LogP contribution in [0.15, 0.2) is 29.5 Å². The lowest BCUT2D eigenvalue weighted by Gasteiger charge is -2.27. The summed E-state index contributed by atoms with van der Waals surface area (Å²) in [7, 11) is 0. The van der Waals surface area contributed by atoms with Crippen LogP contribution in [0.5, 0.6) is 0 Å². The Hall–Kier alpha value is -2.01. The molecular formula is C15H12N2. The van der Waals surface area contributed by atoms with Gasteiger partial charge in [0.25, 0.3) is 0 Å². The van der Waals surface area contributed by atoms with Crippen LogP contribution >= 0.6 is 0 Å². The third-order valence-electron chi connectivity index (χ3n) is 4.05. The molecule has 0 fully saturated rings. The summed E-state index contributed by atoms with van der Waals surface area (Å²) < 4.78 is 0. The molecule has 3 aliphatic heterocycles. The van der Waals surface area contributed by atoms with Gasteiger partial charge in [-0.1, -0.05) is 12.1 Å². The second-order valence-corrected chi connectivity index (χ2v) is 5.09. The van der Waals surface area contributed by atoms with Crippen LogP contribution in [-0.4, -0.2) is 6.04 Å². The monoisotopic (exact) mass is 220 g/mol. The number of rotatable bonds is 0. The third kappa shape index (κ3) is 0.994. The van der Waals surface area contributed by atoms with Gasteiger partial charge in [-0.05, 0) is 48.6 Å². The van der Waals surface area contributed by atoms with E-state index in [2.05, 4.69) is 34.9 Å². The summed E-state index contributed by atoms with van der Waals surface area (Å²) in [5.41, 5.74) is 7.58. The average molecular weight is 220 g/mol. The fourth-order valence-electron chi connectivity index (χ4n) is 3.41. The number of benzene rings is 1. The highest BCUT2D eigenvalue weighted by atomic mass is 15.2. The van der Waals surface area contributed by atoms with Crippen LogP contribution in [0.25, 0.3) is 10.9 Å². The van der Waals surface area contributed by atoms with Crippen molar-refractivity contribution >= 4 is 17.5 Å². The van der Waals surface area contributed by atoms with Gasteiger partial charge < -0.3 is 4.90 Å². The van der Waals surface area contributed by atoms with Gasteiger partial charge in [0, 0.05) is 17.4 Å². The van der Waals surface area contributed by atoms with E-state index < -0.39 is 0 Å². The fraction of sp³-hybridized carbons (Fsp3) is 0.267. The Balaban J connectivity index is 2.03. The SMILES string of the molecule is [C-]#[N+]c1cc2c3c(c1)CC1CC(C)=C(C=C2)N31. The minimum atomic E-state index is 0.602. The molecule has 0 bridgehead atoms. The molecule has 0 aromatic heterocycles. The predicted molar refractivity (Wildman–Crippen MR) is 69.0 cm³/mol. The van der Waals surface area contributed by atoms with E-state index in [1.165, 1.54) is 34.5 Å². The molecule has 1 atom stereocenters. The summed E-state index contributed by atoms with van der Waals surface area (Å²) in [6.07, 6.45) is 6.63. The summed E-state index contributed by atoms with van der Waals surface area (Å²) in [6.45, 7) is 9.39. The lowest BCUT2D eigenvalue weighted by atomic mass is 9.99. The summed E-state index contributed by atoms with van der Waals surface area (Å²) in [6, 6.07) is 4.68. The van der Waals surface area contributed by atoms with Crippen molar-refractivity contribution in [2.24, 2.45) is 0 Å². The number of hydrogen-bond donors (Lipinski definition) is 0. The standard InChI is InChI=1S/C15H12N2/c1-9-5-13-8-11-7-12(16-2)6-10-3-4-14(9)17(13)15(10)11/h3-4,6-7,13H,5,8H2,1H3. The highest BCUT2D eigenvalue weighted by Crippen LogP contribution is 2.49. The lowest BCUT2D eigenvalue weighted by molar-refractivity contribution is 0.711. The Morgan fingerprint density at radius 1 is 1.29 bits per heavy atom. The minimum absolute atomic E-state index is 0.602. The molecule has 2 heteroatoms. The molecule has 4 rings (SSSR count). The van der Waals surface area contributed by atoms with E-state index in [4.69, 9.17) is 6.57 Å². The van der Waals surface area contributed by atoms with Gasteiger partial charge in [-0.2, -0.15) is 0 Å². The van der Waals surface area contributed by atoms with Crippen molar-refractivity contribution < 1.29 is 0 Å². The number of allylic oxidation sites excluding steroid dienone is 1. The first-order valence-electron chi connectivity index (χ1n) is 5.99. The first-order valence-corrected chi connectivity index (χ1v) is 5.99. The van der Waals surface area contributed by atoms with Gasteiger partial charge in [0.05, 0.1) is 6.57 Å². The van der Waals surface area contributed by atoms with Gasteiger partial charge in [0.2, 0.25) is 0 Å². The van der Waals surface area contributed by atoms with Crippen molar-refractivity contribution in [1.29, 1.82) is 0 Å². The molecule has 1 aromatic carbocycles. The predicted octanol–water partition coefficient (Wildman–Crippen LogP) is 3.67. The lowest BCUT2D eigenvalue weighted by Crippen LogP contribution is -2.26. The van der Waals surface area contributed by atoms with E-state index in [1.54, 1.807) is 0 Å². The molecule has 3 aliphatic rings. The average Bonchev–Trinajstić information content (AvgIpc) is 2.83. The van der Waals surface area contributed by atoms with Crippen LogP contribution in [0, 0.1) is 6.57 Å². The third-order valence-corrected chi connectivity index (χ3v) is 4.05. The molecule has 1 aromatic rings. The quantitative estimate of drug-likeness (QED) is 0.605. The number of nitrogens with zero attached hydrogens (tertiary/aromatic N) is 2. The Morgan fingerprint density at radius 3 is 3.00 bits per heavy atom. The molecular weight excluding hydrogens is 208 g/mol. The van der Waals surface area contributed by atoms with Crippen LogP contribution in [0.4, 0.5) is 11.4 Å². The zero-order valence-corrected chi connectivity index (χ0v) is 9.70. The largest absolute Gasteiger partial charge is 0.337 e. The summed E-state index contributed by atoms with van der Waals surface area (Å²) in [4.78, 5) is 6.05. The summed E-state index contributed by atoms with van der Waals surface area (Å²) in [5.74, 6) is 0. The molecule has 0 aliphatic carbocycles. The maximum Gasteiger partial charge on any atom is 0.188 e. The Morgan fingerprint density at radius 2 is 2.18 bits per heavy atom. The number of anilines is 1. The summed E-state index contributed by atoms with van der Waals surface area (Å²) in [5, 5.41) is 0. The first-order chi connectivity index (χ1) is 8.28. The fourth-order valence-corrected chi connectivity index (χ4v) is 3.41. The highest BCUT2D eigenvalue weighted by molar-refractivity contribution is 5.85. The Bertz CT molecular complexity index is 644. The highest BCUT2D eigenvalue weighted by Gasteiger charge is 2.39. The van der Waals surface area contributed by atoms with E-state index in [9.17, 15) is 0 Å². The molecule has 0 saturated carbocycles. The minimum Gasteiger partial charge on any atom is -0.337 e. The molecule has 82 valence electrons. The Kier molecular flexibility index (Phi) is 1.50. The van der Waals surface area contributed by atoms with Gasteiger partial charge in [-0.25, -0.2) is 4.85 Å². The second kappa shape index (κ2) is 2.81. The van der Waals surface area contributed by atoms with Crippen LogP contribution in [0.3, 0.4) is 0 Å². The molecule has 0 amide bonds. The summed E-state index contributed by atoms with van der Waals surface area (Å²) >= 11 is 0. The van der Waals surface area contributed by atoms with E-state index in [-0.39, 0.29) is 0 Å². The van der Waals surface area contributed by atoms with E-state index >= 15 is 0 Å². The van der Waals surface area contributed by atoms with Crippen LogP contribution < -0.4 is 4.90 Å². The van der Waals surface area contributed by atoms with Crippen molar-refractivity contribution in [3.05, 3.63) is 52.0 Å². The van der Waals surface area contributed by atoms with Gasteiger partial charge >= 0.3 is 0 Å². The molecule has 0 N–H and O–H groups in total. The molecule has 2 nitrogen and oxygen atoms in total. The molecule has 0 radical (unpaired) electrons. The normalized spacial score (nSPS) is 23.1. The second-order valence-electron chi connectivity index (χ2n) is 5.09. The smallest absolute Gasteiger partial charge is 0.188 e. The van der Waals surface area contributed by atoms with Crippen LogP contribution in [0.1, 0.15) is 24.5 Å². The van der Waals surface area contributed by atoms with Gasteiger partial charge in [-0.3, -0.25) is 0 Å². The molecule has 0 saturated heterocycles. The first kappa shape index (κ1) is 9.07. The van der Waals surface area contributed by atoms with Crippen LogP contribution in [0.2, 0.25) is 0 Å². The van der Waals surface area contributed by atoms with E-state index in [1.807, 2.05) is 6.07 Å². The zero-order valence-electron chi connectivity index (χ0n) is 9.70. The molecule has 0 spiro atoms. The van der Waals surface area contributed by atoms with E-state index in [0.717, 1.165) is 12.1 Å².